The third-order valence-corrected chi connectivity index (χ3v) is 3.63. The van der Waals surface area contributed by atoms with Gasteiger partial charge < -0.3 is 10.4 Å². The van der Waals surface area contributed by atoms with Crippen LogP contribution in [0, 0.1) is 5.92 Å². The van der Waals surface area contributed by atoms with Gasteiger partial charge in [0.2, 0.25) is 0 Å². The van der Waals surface area contributed by atoms with E-state index in [9.17, 15) is 4.79 Å². The van der Waals surface area contributed by atoms with E-state index in [1.165, 1.54) is 6.42 Å². The number of nitrogens with one attached hydrogen (secondary N) is 1. The molecule has 2 rings (SSSR count). The molecule has 0 aliphatic heterocycles. The fourth-order valence-electron chi connectivity index (χ4n) is 2.20. The minimum absolute atomic E-state index is 0.150. The van der Waals surface area contributed by atoms with Crippen LogP contribution in [-0.2, 0) is 17.6 Å². The van der Waals surface area contributed by atoms with E-state index in [4.69, 9.17) is 5.11 Å². The standard InChI is InChI=1S/C13H19N3O2/c1-8(13(17)18)9(2)16-12-10-5-3-4-6-11(10)14-7-15-12/h7-9H,3-6H2,1-2H3,(H,17,18)(H,14,15,16). The summed E-state index contributed by atoms with van der Waals surface area (Å²) in [5.41, 5.74) is 2.27. The number of aryl methyl sites for hydroxylation is 1. The largest absolute Gasteiger partial charge is 0.481 e. The van der Waals surface area contributed by atoms with Gasteiger partial charge in [-0.2, -0.15) is 0 Å². The molecule has 0 aromatic carbocycles. The predicted octanol–water partition coefficient (Wildman–Crippen LogP) is 1.88. The molecule has 0 fully saturated rings. The van der Waals surface area contributed by atoms with Crippen LogP contribution >= 0.6 is 0 Å². The summed E-state index contributed by atoms with van der Waals surface area (Å²) in [4.78, 5) is 19.5. The summed E-state index contributed by atoms with van der Waals surface area (Å²) in [6.45, 7) is 3.57. The maximum Gasteiger partial charge on any atom is 0.308 e. The number of anilines is 1. The highest BCUT2D eigenvalue weighted by molar-refractivity contribution is 5.71. The van der Waals surface area contributed by atoms with Crippen LogP contribution in [0.3, 0.4) is 0 Å². The van der Waals surface area contributed by atoms with Gasteiger partial charge in [-0.3, -0.25) is 4.79 Å². The summed E-state index contributed by atoms with van der Waals surface area (Å²) >= 11 is 0. The monoisotopic (exact) mass is 249 g/mol. The Balaban J connectivity index is 2.16. The molecule has 0 spiro atoms. The van der Waals surface area contributed by atoms with Crippen molar-refractivity contribution in [3.05, 3.63) is 17.6 Å². The molecule has 1 aromatic rings. The van der Waals surface area contributed by atoms with Crippen molar-refractivity contribution in [1.29, 1.82) is 0 Å². The molecule has 0 saturated heterocycles. The van der Waals surface area contributed by atoms with Crippen LogP contribution in [-0.4, -0.2) is 27.1 Å². The number of aromatic nitrogens is 2. The van der Waals surface area contributed by atoms with E-state index >= 15 is 0 Å². The van der Waals surface area contributed by atoms with Crippen molar-refractivity contribution in [3.63, 3.8) is 0 Å². The van der Waals surface area contributed by atoms with Crippen LogP contribution in [0.15, 0.2) is 6.33 Å². The lowest BCUT2D eigenvalue weighted by Crippen LogP contribution is -2.31. The molecule has 0 saturated carbocycles. The first kappa shape index (κ1) is 12.8. The fraction of sp³-hybridized carbons (Fsp3) is 0.615. The van der Waals surface area contributed by atoms with Gasteiger partial charge in [-0.25, -0.2) is 9.97 Å². The Morgan fingerprint density at radius 2 is 2.06 bits per heavy atom. The quantitative estimate of drug-likeness (QED) is 0.852. The van der Waals surface area contributed by atoms with Crippen LogP contribution < -0.4 is 5.32 Å². The van der Waals surface area contributed by atoms with E-state index in [0.29, 0.717) is 0 Å². The third kappa shape index (κ3) is 2.60. The summed E-state index contributed by atoms with van der Waals surface area (Å²) in [5.74, 6) is -0.433. The van der Waals surface area contributed by atoms with Crippen molar-refractivity contribution in [2.24, 2.45) is 5.92 Å². The first-order valence-corrected chi connectivity index (χ1v) is 6.41. The smallest absolute Gasteiger partial charge is 0.308 e. The van der Waals surface area contributed by atoms with Crippen LogP contribution in [0.4, 0.5) is 5.82 Å². The van der Waals surface area contributed by atoms with Crippen LogP contribution in [0.1, 0.15) is 37.9 Å². The number of rotatable bonds is 4. The molecule has 1 heterocycles. The number of carbonyl (C=O) groups is 1. The van der Waals surface area contributed by atoms with Crippen molar-refractivity contribution in [2.75, 3.05) is 5.32 Å². The number of carboxylic acid groups (broad SMARTS) is 1. The van der Waals surface area contributed by atoms with E-state index < -0.39 is 11.9 Å². The molecule has 2 N–H and O–H groups in total. The third-order valence-electron chi connectivity index (χ3n) is 3.63. The lowest BCUT2D eigenvalue weighted by Gasteiger charge is -2.23. The predicted molar refractivity (Wildman–Crippen MR) is 68.6 cm³/mol. The van der Waals surface area contributed by atoms with Crippen molar-refractivity contribution in [3.8, 4) is 0 Å². The summed E-state index contributed by atoms with van der Waals surface area (Å²) < 4.78 is 0. The molecule has 5 heteroatoms. The Morgan fingerprint density at radius 3 is 2.78 bits per heavy atom. The molecule has 1 aliphatic carbocycles. The van der Waals surface area contributed by atoms with E-state index in [-0.39, 0.29) is 6.04 Å². The molecule has 1 aliphatic rings. The van der Waals surface area contributed by atoms with Gasteiger partial charge in [0.15, 0.2) is 0 Å². The lowest BCUT2D eigenvalue weighted by molar-refractivity contribution is -0.141. The van der Waals surface area contributed by atoms with Crippen LogP contribution in [0.5, 0.6) is 0 Å². The van der Waals surface area contributed by atoms with E-state index in [1.807, 2.05) is 6.92 Å². The van der Waals surface area contributed by atoms with Gasteiger partial charge in [-0.1, -0.05) is 0 Å². The number of nitrogens with zero attached hydrogens (tertiary/aromatic N) is 2. The topological polar surface area (TPSA) is 75.1 Å². The number of fused-ring (bicyclic) bond motifs is 1. The first-order chi connectivity index (χ1) is 8.59. The van der Waals surface area contributed by atoms with E-state index in [0.717, 1.165) is 36.3 Å². The normalized spacial score (nSPS) is 17.7. The molecule has 0 radical (unpaired) electrons. The van der Waals surface area contributed by atoms with Gasteiger partial charge in [-0.05, 0) is 39.5 Å². The Labute approximate surface area is 107 Å². The minimum Gasteiger partial charge on any atom is -0.481 e. The minimum atomic E-state index is -0.794. The second kappa shape index (κ2) is 5.33. The van der Waals surface area contributed by atoms with Gasteiger partial charge in [0.25, 0.3) is 0 Å². The average molecular weight is 249 g/mol. The molecule has 1 aromatic heterocycles. The highest BCUT2D eigenvalue weighted by Gasteiger charge is 2.22. The Morgan fingerprint density at radius 1 is 1.33 bits per heavy atom. The van der Waals surface area contributed by atoms with Crippen molar-refractivity contribution >= 4 is 11.8 Å². The molecule has 18 heavy (non-hydrogen) atoms. The lowest BCUT2D eigenvalue weighted by atomic mass is 9.96. The zero-order chi connectivity index (χ0) is 13.1. The Bertz CT molecular complexity index is 448. The number of aliphatic carboxylic acids is 1. The van der Waals surface area contributed by atoms with Crippen molar-refractivity contribution in [1.82, 2.24) is 9.97 Å². The summed E-state index contributed by atoms with van der Waals surface area (Å²) in [5, 5.41) is 12.2. The molecular weight excluding hydrogens is 230 g/mol. The molecule has 5 nitrogen and oxygen atoms in total. The van der Waals surface area contributed by atoms with Gasteiger partial charge >= 0.3 is 5.97 Å². The molecule has 98 valence electrons. The maximum absolute atomic E-state index is 10.9. The van der Waals surface area contributed by atoms with Crippen molar-refractivity contribution < 1.29 is 9.90 Å². The number of hydrogen-bond donors (Lipinski definition) is 2. The zero-order valence-electron chi connectivity index (χ0n) is 10.8. The van der Waals surface area contributed by atoms with Gasteiger partial charge in [-0.15, -0.1) is 0 Å². The Hall–Kier alpha value is -1.65. The second-order valence-corrected chi connectivity index (χ2v) is 4.91. The van der Waals surface area contributed by atoms with E-state index in [1.54, 1.807) is 13.3 Å². The van der Waals surface area contributed by atoms with Gasteiger partial charge in [0.05, 0.1) is 5.92 Å². The molecular formula is C13H19N3O2. The summed E-state index contributed by atoms with van der Waals surface area (Å²) in [6, 6.07) is -0.150. The fourth-order valence-corrected chi connectivity index (χ4v) is 2.20. The number of hydrogen-bond acceptors (Lipinski definition) is 4. The summed E-state index contributed by atoms with van der Waals surface area (Å²) in [6.07, 6.45) is 5.86. The SMILES string of the molecule is CC(Nc1ncnc2c1CCCC2)C(C)C(=O)O. The van der Waals surface area contributed by atoms with E-state index in [2.05, 4.69) is 15.3 Å². The van der Waals surface area contributed by atoms with Crippen molar-refractivity contribution in [2.45, 2.75) is 45.6 Å². The Kier molecular flexibility index (Phi) is 3.79. The second-order valence-electron chi connectivity index (χ2n) is 4.91. The van der Waals surface area contributed by atoms with Gasteiger partial charge in [0.1, 0.15) is 12.1 Å². The summed E-state index contributed by atoms with van der Waals surface area (Å²) in [7, 11) is 0. The number of carboxylic acids is 1. The van der Waals surface area contributed by atoms with Crippen LogP contribution in [0.25, 0.3) is 0 Å². The maximum atomic E-state index is 10.9. The van der Waals surface area contributed by atoms with Crippen LogP contribution in [0.2, 0.25) is 0 Å². The molecule has 2 atom stereocenters. The molecule has 0 amide bonds. The van der Waals surface area contributed by atoms with Gasteiger partial charge in [0, 0.05) is 17.3 Å². The first-order valence-electron chi connectivity index (χ1n) is 6.41. The molecule has 0 bridgehead atoms. The zero-order valence-corrected chi connectivity index (χ0v) is 10.8. The highest BCUT2D eigenvalue weighted by atomic mass is 16.4. The average Bonchev–Trinajstić information content (AvgIpc) is 2.38. The molecule has 2 unspecified atom stereocenters. The highest BCUT2D eigenvalue weighted by Crippen LogP contribution is 2.25.